The number of hydrogen-bond acceptors (Lipinski definition) is 1. The Bertz CT molecular complexity index is 353. The summed E-state index contributed by atoms with van der Waals surface area (Å²) in [6.07, 6.45) is 1.82. The predicted octanol–water partition coefficient (Wildman–Crippen LogP) is 2.39. The molecule has 0 unspecified atom stereocenters. The minimum Gasteiger partial charge on any atom is -0.321 e. The second-order valence-electron chi connectivity index (χ2n) is 4.02. The standard InChI is InChI=1S/C11H14FN/c1-7-3-4-9(12)10(8(7)2)11(13)5-6-11/h3-4H,5-6,13H2,1-2H3. The van der Waals surface area contributed by atoms with E-state index in [4.69, 9.17) is 5.73 Å². The van der Waals surface area contributed by atoms with Gasteiger partial charge in [-0.2, -0.15) is 0 Å². The van der Waals surface area contributed by atoms with Crippen molar-refractivity contribution >= 4 is 0 Å². The predicted molar refractivity (Wildman–Crippen MR) is 51.0 cm³/mol. The molecule has 1 aromatic carbocycles. The highest BCUT2D eigenvalue weighted by molar-refractivity contribution is 5.41. The Kier molecular flexibility index (Phi) is 1.70. The first-order valence-corrected chi connectivity index (χ1v) is 4.60. The summed E-state index contributed by atoms with van der Waals surface area (Å²) in [7, 11) is 0. The van der Waals surface area contributed by atoms with Crippen LogP contribution < -0.4 is 5.73 Å². The lowest BCUT2D eigenvalue weighted by molar-refractivity contribution is 0.574. The second-order valence-corrected chi connectivity index (χ2v) is 4.02. The van der Waals surface area contributed by atoms with Crippen molar-refractivity contribution in [3.63, 3.8) is 0 Å². The number of halogens is 1. The third kappa shape index (κ3) is 1.25. The second kappa shape index (κ2) is 2.55. The van der Waals surface area contributed by atoms with E-state index < -0.39 is 0 Å². The monoisotopic (exact) mass is 179 g/mol. The molecule has 1 aromatic rings. The zero-order valence-corrected chi connectivity index (χ0v) is 8.02. The minimum atomic E-state index is -0.361. The molecule has 1 aliphatic carbocycles. The molecule has 1 fully saturated rings. The fourth-order valence-corrected chi connectivity index (χ4v) is 1.78. The molecule has 0 spiro atoms. The molecule has 0 amide bonds. The van der Waals surface area contributed by atoms with Crippen molar-refractivity contribution in [2.24, 2.45) is 5.73 Å². The van der Waals surface area contributed by atoms with Crippen LogP contribution in [0, 0.1) is 19.7 Å². The summed E-state index contributed by atoms with van der Waals surface area (Å²) in [6.45, 7) is 3.94. The molecular weight excluding hydrogens is 165 g/mol. The number of nitrogens with two attached hydrogens (primary N) is 1. The molecule has 0 aliphatic heterocycles. The molecule has 2 rings (SSSR count). The van der Waals surface area contributed by atoms with Crippen LogP contribution in [0.5, 0.6) is 0 Å². The maximum atomic E-state index is 13.5. The van der Waals surface area contributed by atoms with Crippen LogP contribution in [0.3, 0.4) is 0 Å². The van der Waals surface area contributed by atoms with Crippen LogP contribution in [0.4, 0.5) is 4.39 Å². The van der Waals surface area contributed by atoms with E-state index in [9.17, 15) is 4.39 Å². The molecular formula is C11H14FN. The summed E-state index contributed by atoms with van der Waals surface area (Å²) in [5, 5.41) is 0. The van der Waals surface area contributed by atoms with Crippen molar-refractivity contribution < 1.29 is 4.39 Å². The molecule has 0 atom stereocenters. The lowest BCUT2D eigenvalue weighted by atomic mass is 9.96. The van der Waals surface area contributed by atoms with E-state index in [0.717, 1.165) is 29.5 Å². The van der Waals surface area contributed by atoms with Gasteiger partial charge in [0, 0.05) is 11.1 Å². The summed E-state index contributed by atoms with van der Waals surface area (Å²) in [6, 6.07) is 3.32. The van der Waals surface area contributed by atoms with Crippen molar-refractivity contribution in [3.05, 3.63) is 34.6 Å². The van der Waals surface area contributed by atoms with Crippen molar-refractivity contribution in [1.82, 2.24) is 0 Å². The van der Waals surface area contributed by atoms with Crippen LogP contribution in [-0.4, -0.2) is 0 Å². The average molecular weight is 179 g/mol. The van der Waals surface area contributed by atoms with E-state index in [0.29, 0.717) is 0 Å². The lowest BCUT2D eigenvalue weighted by Gasteiger charge is -2.15. The topological polar surface area (TPSA) is 26.0 Å². The summed E-state index contributed by atoms with van der Waals surface area (Å²) >= 11 is 0. The van der Waals surface area contributed by atoms with Gasteiger partial charge in [0.25, 0.3) is 0 Å². The van der Waals surface area contributed by atoms with Gasteiger partial charge in [-0.1, -0.05) is 6.07 Å². The zero-order valence-electron chi connectivity index (χ0n) is 8.02. The number of rotatable bonds is 1. The van der Waals surface area contributed by atoms with Crippen molar-refractivity contribution in [1.29, 1.82) is 0 Å². The Hall–Kier alpha value is -0.890. The molecule has 0 aromatic heterocycles. The molecule has 1 saturated carbocycles. The van der Waals surface area contributed by atoms with E-state index in [1.54, 1.807) is 6.07 Å². The smallest absolute Gasteiger partial charge is 0.128 e. The van der Waals surface area contributed by atoms with Gasteiger partial charge < -0.3 is 5.73 Å². The van der Waals surface area contributed by atoms with E-state index >= 15 is 0 Å². The first kappa shape index (κ1) is 8.70. The molecule has 0 heterocycles. The SMILES string of the molecule is Cc1ccc(F)c(C2(N)CC2)c1C. The summed E-state index contributed by atoms with van der Waals surface area (Å²) in [5.41, 5.74) is 8.50. The van der Waals surface area contributed by atoms with Crippen LogP contribution >= 0.6 is 0 Å². The highest BCUT2D eigenvalue weighted by Gasteiger charge is 2.43. The van der Waals surface area contributed by atoms with Crippen molar-refractivity contribution in [2.75, 3.05) is 0 Å². The summed E-state index contributed by atoms with van der Waals surface area (Å²) < 4.78 is 13.5. The Morgan fingerprint density at radius 2 is 1.92 bits per heavy atom. The molecule has 0 saturated heterocycles. The van der Waals surface area contributed by atoms with Gasteiger partial charge in [0.05, 0.1) is 0 Å². The average Bonchev–Trinajstić information content (AvgIpc) is 2.78. The van der Waals surface area contributed by atoms with Gasteiger partial charge in [0.2, 0.25) is 0 Å². The first-order chi connectivity index (χ1) is 6.04. The van der Waals surface area contributed by atoms with Gasteiger partial charge in [-0.05, 0) is 43.9 Å². The van der Waals surface area contributed by atoms with Gasteiger partial charge in [-0.15, -0.1) is 0 Å². The maximum absolute atomic E-state index is 13.5. The highest BCUT2D eigenvalue weighted by atomic mass is 19.1. The fraction of sp³-hybridized carbons (Fsp3) is 0.455. The Morgan fingerprint density at radius 3 is 2.46 bits per heavy atom. The number of benzene rings is 1. The maximum Gasteiger partial charge on any atom is 0.128 e. The van der Waals surface area contributed by atoms with E-state index in [1.165, 1.54) is 6.07 Å². The minimum absolute atomic E-state index is 0.150. The third-order valence-electron chi connectivity index (χ3n) is 2.97. The zero-order chi connectivity index (χ0) is 9.64. The van der Waals surface area contributed by atoms with Crippen LogP contribution in [0.25, 0.3) is 0 Å². The highest BCUT2D eigenvalue weighted by Crippen LogP contribution is 2.45. The fourth-order valence-electron chi connectivity index (χ4n) is 1.78. The molecule has 0 radical (unpaired) electrons. The van der Waals surface area contributed by atoms with Crippen molar-refractivity contribution in [3.8, 4) is 0 Å². The van der Waals surface area contributed by atoms with Crippen LogP contribution in [0.15, 0.2) is 12.1 Å². The molecule has 2 heteroatoms. The first-order valence-electron chi connectivity index (χ1n) is 4.60. The molecule has 1 aliphatic rings. The largest absolute Gasteiger partial charge is 0.321 e. The van der Waals surface area contributed by atoms with Gasteiger partial charge >= 0.3 is 0 Å². The Balaban J connectivity index is 2.61. The Morgan fingerprint density at radius 1 is 1.31 bits per heavy atom. The lowest BCUT2D eigenvalue weighted by Crippen LogP contribution is -2.22. The number of hydrogen-bond donors (Lipinski definition) is 1. The quantitative estimate of drug-likeness (QED) is 0.703. The summed E-state index contributed by atoms with van der Waals surface area (Å²) in [5.74, 6) is -0.150. The molecule has 0 bridgehead atoms. The molecule has 13 heavy (non-hydrogen) atoms. The van der Waals surface area contributed by atoms with E-state index in [1.807, 2.05) is 13.8 Å². The molecule has 2 N–H and O–H groups in total. The van der Waals surface area contributed by atoms with Gasteiger partial charge in [0.1, 0.15) is 5.82 Å². The van der Waals surface area contributed by atoms with E-state index in [2.05, 4.69) is 0 Å². The van der Waals surface area contributed by atoms with Gasteiger partial charge in [0.15, 0.2) is 0 Å². The van der Waals surface area contributed by atoms with Gasteiger partial charge in [-0.25, -0.2) is 4.39 Å². The van der Waals surface area contributed by atoms with Crippen LogP contribution in [0.1, 0.15) is 29.5 Å². The normalized spacial score (nSPS) is 18.8. The Labute approximate surface area is 77.8 Å². The number of aryl methyl sites for hydroxylation is 1. The summed E-state index contributed by atoms with van der Waals surface area (Å²) in [4.78, 5) is 0. The third-order valence-corrected chi connectivity index (χ3v) is 2.97. The van der Waals surface area contributed by atoms with Gasteiger partial charge in [-0.3, -0.25) is 0 Å². The van der Waals surface area contributed by atoms with E-state index in [-0.39, 0.29) is 11.4 Å². The van der Waals surface area contributed by atoms with Crippen LogP contribution in [0.2, 0.25) is 0 Å². The van der Waals surface area contributed by atoms with Crippen LogP contribution in [-0.2, 0) is 5.54 Å². The molecule has 1 nitrogen and oxygen atoms in total. The van der Waals surface area contributed by atoms with Crippen molar-refractivity contribution in [2.45, 2.75) is 32.2 Å². The molecule has 70 valence electrons.